The maximum atomic E-state index is 5.83. The Labute approximate surface area is 116 Å². The topological polar surface area (TPSA) is 45.4 Å². The zero-order valence-electron chi connectivity index (χ0n) is 12.4. The second kappa shape index (κ2) is 6.35. The summed E-state index contributed by atoms with van der Waals surface area (Å²) in [6, 6.07) is 4.16. The molecule has 1 aliphatic heterocycles. The van der Waals surface area contributed by atoms with Crippen LogP contribution in [0.2, 0.25) is 0 Å². The summed E-state index contributed by atoms with van der Waals surface area (Å²) in [4.78, 5) is 9.38. The van der Waals surface area contributed by atoms with Crippen LogP contribution >= 0.6 is 0 Å². The number of pyridine rings is 1. The van der Waals surface area contributed by atoms with Gasteiger partial charge < -0.3 is 15.5 Å². The molecule has 0 aliphatic carbocycles. The van der Waals surface area contributed by atoms with Gasteiger partial charge in [0, 0.05) is 37.4 Å². The van der Waals surface area contributed by atoms with Crippen LogP contribution in [0.25, 0.3) is 0 Å². The molecule has 19 heavy (non-hydrogen) atoms. The summed E-state index contributed by atoms with van der Waals surface area (Å²) in [7, 11) is 4.31. The Kier molecular flexibility index (Phi) is 4.77. The Morgan fingerprint density at radius 2 is 2.00 bits per heavy atom. The van der Waals surface area contributed by atoms with Crippen LogP contribution in [0.4, 0.5) is 5.82 Å². The minimum absolute atomic E-state index is 0.570. The Balaban J connectivity index is 2.03. The summed E-state index contributed by atoms with van der Waals surface area (Å²) in [5.41, 5.74) is 8.06. The Hall–Kier alpha value is -1.13. The molecule has 0 unspecified atom stereocenters. The van der Waals surface area contributed by atoms with Crippen molar-refractivity contribution in [1.29, 1.82) is 0 Å². The van der Waals surface area contributed by atoms with Gasteiger partial charge in [0.1, 0.15) is 5.82 Å². The molecule has 1 aliphatic rings. The molecule has 0 radical (unpaired) electrons. The van der Waals surface area contributed by atoms with Crippen LogP contribution in [0.1, 0.15) is 24.1 Å². The molecule has 106 valence electrons. The molecule has 1 aromatic heterocycles. The first-order valence-electron chi connectivity index (χ1n) is 7.16. The molecule has 1 aromatic rings. The highest BCUT2D eigenvalue weighted by Crippen LogP contribution is 2.25. The lowest BCUT2D eigenvalue weighted by atomic mass is 9.96. The van der Waals surface area contributed by atoms with Crippen molar-refractivity contribution in [2.24, 2.45) is 11.7 Å². The molecular weight excluding hydrogens is 236 g/mol. The lowest BCUT2D eigenvalue weighted by Crippen LogP contribution is -2.38. The maximum Gasteiger partial charge on any atom is 0.133 e. The quantitative estimate of drug-likeness (QED) is 0.896. The SMILES string of the molecule is Cc1ccc(CN)c(N2CCC(CN(C)C)CC2)n1. The summed E-state index contributed by atoms with van der Waals surface area (Å²) < 4.78 is 0. The van der Waals surface area contributed by atoms with E-state index in [0.29, 0.717) is 6.54 Å². The van der Waals surface area contributed by atoms with Crippen molar-refractivity contribution in [2.45, 2.75) is 26.3 Å². The predicted octanol–water partition coefficient (Wildman–Crippen LogP) is 1.63. The number of aryl methyl sites for hydroxylation is 1. The molecule has 0 spiro atoms. The van der Waals surface area contributed by atoms with Crippen LogP contribution in [-0.4, -0.2) is 43.6 Å². The number of nitrogens with two attached hydrogens (primary N) is 1. The van der Waals surface area contributed by atoms with Crippen molar-refractivity contribution in [3.8, 4) is 0 Å². The van der Waals surface area contributed by atoms with Gasteiger partial charge in [-0.25, -0.2) is 4.98 Å². The molecule has 0 amide bonds. The van der Waals surface area contributed by atoms with Crippen LogP contribution in [0.5, 0.6) is 0 Å². The van der Waals surface area contributed by atoms with E-state index < -0.39 is 0 Å². The Morgan fingerprint density at radius 3 is 2.58 bits per heavy atom. The van der Waals surface area contributed by atoms with E-state index in [2.05, 4.69) is 34.9 Å². The molecule has 1 fully saturated rings. The van der Waals surface area contributed by atoms with Crippen molar-refractivity contribution < 1.29 is 0 Å². The van der Waals surface area contributed by atoms with E-state index in [0.717, 1.165) is 36.1 Å². The van der Waals surface area contributed by atoms with Crippen LogP contribution in [0, 0.1) is 12.8 Å². The molecule has 0 aromatic carbocycles. The van der Waals surface area contributed by atoms with Gasteiger partial charge in [0.05, 0.1) is 0 Å². The van der Waals surface area contributed by atoms with E-state index in [4.69, 9.17) is 5.73 Å². The lowest BCUT2D eigenvalue weighted by Gasteiger charge is -2.35. The van der Waals surface area contributed by atoms with Crippen molar-refractivity contribution in [2.75, 3.05) is 38.6 Å². The average Bonchev–Trinajstić information content (AvgIpc) is 2.39. The average molecular weight is 262 g/mol. The fraction of sp³-hybridized carbons (Fsp3) is 0.667. The monoisotopic (exact) mass is 262 g/mol. The van der Waals surface area contributed by atoms with Gasteiger partial charge in [-0.15, -0.1) is 0 Å². The van der Waals surface area contributed by atoms with Crippen molar-refractivity contribution in [3.05, 3.63) is 23.4 Å². The largest absolute Gasteiger partial charge is 0.356 e. The lowest BCUT2D eigenvalue weighted by molar-refractivity contribution is 0.284. The van der Waals surface area contributed by atoms with E-state index in [-0.39, 0.29) is 0 Å². The summed E-state index contributed by atoms with van der Waals surface area (Å²) in [5, 5.41) is 0. The minimum atomic E-state index is 0.570. The van der Waals surface area contributed by atoms with E-state index >= 15 is 0 Å². The number of nitrogens with zero attached hydrogens (tertiary/aromatic N) is 3. The second-order valence-corrected chi connectivity index (χ2v) is 5.83. The fourth-order valence-electron chi connectivity index (χ4n) is 2.85. The number of aromatic nitrogens is 1. The van der Waals surface area contributed by atoms with Crippen LogP contribution in [-0.2, 0) is 6.54 Å². The molecule has 1 saturated heterocycles. The van der Waals surface area contributed by atoms with Gasteiger partial charge in [-0.2, -0.15) is 0 Å². The third-order valence-corrected chi connectivity index (χ3v) is 3.85. The van der Waals surface area contributed by atoms with Gasteiger partial charge in [0.2, 0.25) is 0 Å². The van der Waals surface area contributed by atoms with Gasteiger partial charge in [-0.3, -0.25) is 0 Å². The van der Waals surface area contributed by atoms with Gasteiger partial charge >= 0.3 is 0 Å². The van der Waals surface area contributed by atoms with Crippen LogP contribution < -0.4 is 10.6 Å². The standard InChI is InChI=1S/C15H26N4/c1-12-4-5-14(10-16)15(17-12)19-8-6-13(7-9-19)11-18(2)3/h4-5,13H,6-11,16H2,1-3H3. The van der Waals surface area contributed by atoms with E-state index in [9.17, 15) is 0 Å². The van der Waals surface area contributed by atoms with Crippen LogP contribution in [0.15, 0.2) is 12.1 Å². The van der Waals surface area contributed by atoms with E-state index in [1.807, 2.05) is 13.0 Å². The molecule has 2 heterocycles. The van der Waals surface area contributed by atoms with E-state index in [1.165, 1.54) is 19.4 Å². The molecule has 2 rings (SSSR count). The van der Waals surface area contributed by atoms with Crippen molar-refractivity contribution in [3.63, 3.8) is 0 Å². The molecular formula is C15H26N4. The number of hydrogen-bond acceptors (Lipinski definition) is 4. The van der Waals surface area contributed by atoms with Gasteiger partial charge in [-0.05, 0) is 45.8 Å². The number of piperidine rings is 1. The number of anilines is 1. The fourth-order valence-corrected chi connectivity index (χ4v) is 2.85. The summed E-state index contributed by atoms with van der Waals surface area (Å²) in [6.07, 6.45) is 2.50. The smallest absolute Gasteiger partial charge is 0.133 e. The van der Waals surface area contributed by atoms with Crippen molar-refractivity contribution in [1.82, 2.24) is 9.88 Å². The molecule has 4 heteroatoms. The summed E-state index contributed by atoms with van der Waals surface area (Å²) in [5.74, 6) is 1.92. The minimum Gasteiger partial charge on any atom is -0.356 e. The summed E-state index contributed by atoms with van der Waals surface area (Å²) in [6.45, 7) is 6.01. The molecule has 0 saturated carbocycles. The molecule has 4 nitrogen and oxygen atoms in total. The third-order valence-electron chi connectivity index (χ3n) is 3.85. The first-order valence-corrected chi connectivity index (χ1v) is 7.16. The van der Waals surface area contributed by atoms with E-state index in [1.54, 1.807) is 0 Å². The highest BCUT2D eigenvalue weighted by atomic mass is 15.2. The highest BCUT2D eigenvalue weighted by molar-refractivity contribution is 5.48. The predicted molar refractivity (Wildman–Crippen MR) is 80.4 cm³/mol. The molecule has 0 bridgehead atoms. The van der Waals surface area contributed by atoms with Gasteiger partial charge in [0.25, 0.3) is 0 Å². The third kappa shape index (κ3) is 3.67. The summed E-state index contributed by atoms with van der Waals surface area (Å²) >= 11 is 0. The first kappa shape index (κ1) is 14.3. The van der Waals surface area contributed by atoms with Crippen molar-refractivity contribution >= 4 is 5.82 Å². The Morgan fingerprint density at radius 1 is 1.32 bits per heavy atom. The maximum absolute atomic E-state index is 5.83. The zero-order valence-corrected chi connectivity index (χ0v) is 12.4. The van der Waals surface area contributed by atoms with Gasteiger partial charge in [-0.1, -0.05) is 6.07 Å². The molecule has 2 N–H and O–H groups in total. The normalized spacial score (nSPS) is 17.2. The molecule has 0 atom stereocenters. The Bertz CT molecular complexity index is 409. The second-order valence-electron chi connectivity index (χ2n) is 5.83. The van der Waals surface area contributed by atoms with Gasteiger partial charge in [0.15, 0.2) is 0 Å². The zero-order chi connectivity index (χ0) is 13.8. The number of hydrogen-bond donors (Lipinski definition) is 1. The number of rotatable bonds is 4. The highest BCUT2D eigenvalue weighted by Gasteiger charge is 2.22. The van der Waals surface area contributed by atoms with Crippen LogP contribution in [0.3, 0.4) is 0 Å². The first-order chi connectivity index (χ1) is 9.10.